The summed E-state index contributed by atoms with van der Waals surface area (Å²) in [5, 5.41) is 0. The van der Waals surface area contributed by atoms with Crippen LogP contribution in [0, 0.1) is 5.92 Å². The van der Waals surface area contributed by atoms with E-state index in [2.05, 4.69) is 66.7 Å². The van der Waals surface area contributed by atoms with Crippen molar-refractivity contribution in [1.82, 2.24) is 4.90 Å². The lowest BCUT2D eigenvalue weighted by molar-refractivity contribution is -0.129. The molecule has 0 aromatic heterocycles. The molecular weight excluding hydrogens is 374 g/mol. The van der Waals surface area contributed by atoms with E-state index in [1.54, 1.807) is 11.8 Å². The zero-order chi connectivity index (χ0) is 19.9. The lowest BCUT2D eigenvalue weighted by Crippen LogP contribution is -2.39. The Hall–Kier alpha value is -2.52. The fourth-order valence-electron chi connectivity index (χ4n) is 3.94. The van der Waals surface area contributed by atoms with Crippen molar-refractivity contribution in [2.24, 2.45) is 5.92 Å². The topological polar surface area (TPSA) is 20.3 Å². The third kappa shape index (κ3) is 5.51. The van der Waals surface area contributed by atoms with Crippen LogP contribution in [0.15, 0.2) is 89.8 Å². The Bertz CT molecular complexity index is 900. The standard InChI is InChI=1S/C26H27NOS/c28-26(20-29-25-9-5-2-6-10-25)27-17-15-22(16-18-27)19-21-11-13-24(14-12-21)23-7-3-1-4-8-23/h1-14,22H,15-20H2. The van der Waals surface area contributed by atoms with Gasteiger partial charge >= 0.3 is 0 Å². The number of carbonyl (C=O) groups is 1. The first-order valence-electron chi connectivity index (χ1n) is 10.4. The normalized spacial score (nSPS) is 14.7. The molecule has 0 saturated carbocycles. The van der Waals surface area contributed by atoms with Crippen molar-refractivity contribution in [3.63, 3.8) is 0 Å². The van der Waals surface area contributed by atoms with Gasteiger partial charge in [0, 0.05) is 18.0 Å². The smallest absolute Gasteiger partial charge is 0.232 e. The Labute approximate surface area is 178 Å². The second-order valence-corrected chi connectivity index (χ2v) is 8.74. The molecule has 0 aliphatic carbocycles. The first-order chi connectivity index (χ1) is 14.3. The quantitative estimate of drug-likeness (QED) is 0.477. The number of amides is 1. The summed E-state index contributed by atoms with van der Waals surface area (Å²) in [6.45, 7) is 1.78. The van der Waals surface area contributed by atoms with Crippen LogP contribution >= 0.6 is 11.8 Å². The summed E-state index contributed by atoms with van der Waals surface area (Å²) in [7, 11) is 0. The molecular formula is C26H27NOS. The summed E-state index contributed by atoms with van der Waals surface area (Å²) in [6, 6.07) is 29.7. The molecule has 0 spiro atoms. The third-order valence-corrected chi connectivity index (χ3v) is 6.65. The van der Waals surface area contributed by atoms with Gasteiger partial charge in [0.25, 0.3) is 0 Å². The minimum atomic E-state index is 0.268. The summed E-state index contributed by atoms with van der Waals surface area (Å²) in [5.41, 5.74) is 3.93. The van der Waals surface area contributed by atoms with Crippen molar-refractivity contribution in [3.05, 3.63) is 90.5 Å². The number of carbonyl (C=O) groups excluding carboxylic acids is 1. The maximum Gasteiger partial charge on any atom is 0.232 e. The minimum absolute atomic E-state index is 0.268. The molecule has 1 fully saturated rings. The lowest BCUT2D eigenvalue weighted by Gasteiger charge is -2.32. The Kier molecular flexibility index (Phi) is 6.68. The Morgan fingerprint density at radius 1 is 0.793 bits per heavy atom. The van der Waals surface area contributed by atoms with Gasteiger partial charge in [0.2, 0.25) is 5.91 Å². The molecule has 3 aromatic rings. The number of nitrogens with zero attached hydrogens (tertiary/aromatic N) is 1. The highest BCUT2D eigenvalue weighted by molar-refractivity contribution is 8.00. The molecule has 1 aliphatic rings. The molecule has 1 heterocycles. The lowest BCUT2D eigenvalue weighted by atomic mass is 9.89. The Balaban J connectivity index is 1.24. The van der Waals surface area contributed by atoms with Gasteiger partial charge in [-0.25, -0.2) is 0 Å². The minimum Gasteiger partial charge on any atom is -0.342 e. The van der Waals surface area contributed by atoms with Crippen LogP contribution in [0.25, 0.3) is 11.1 Å². The van der Waals surface area contributed by atoms with Crippen LogP contribution in [-0.2, 0) is 11.2 Å². The van der Waals surface area contributed by atoms with Crippen LogP contribution in [0.5, 0.6) is 0 Å². The van der Waals surface area contributed by atoms with Gasteiger partial charge in [0.15, 0.2) is 0 Å². The third-order valence-electron chi connectivity index (χ3n) is 5.66. The average molecular weight is 402 g/mol. The van der Waals surface area contributed by atoms with Crippen LogP contribution in [0.2, 0.25) is 0 Å². The molecule has 0 bridgehead atoms. The van der Waals surface area contributed by atoms with Crippen LogP contribution < -0.4 is 0 Å². The van der Waals surface area contributed by atoms with E-state index in [9.17, 15) is 4.79 Å². The van der Waals surface area contributed by atoms with Crippen molar-refractivity contribution in [2.45, 2.75) is 24.2 Å². The van der Waals surface area contributed by atoms with E-state index >= 15 is 0 Å². The van der Waals surface area contributed by atoms with Crippen molar-refractivity contribution in [2.75, 3.05) is 18.8 Å². The van der Waals surface area contributed by atoms with Gasteiger partial charge in [-0.05, 0) is 54.0 Å². The molecule has 1 aliphatic heterocycles. The van der Waals surface area contributed by atoms with Crippen LogP contribution in [0.1, 0.15) is 18.4 Å². The first-order valence-corrected chi connectivity index (χ1v) is 11.4. The molecule has 0 atom stereocenters. The molecule has 1 saturated heterocycles. The van der Waals surface area contributed by atoms with Gasteiger partial charge in [-0.3, -0.25) is 4.79 Å². The highest BCUT2D eigenvalue weighted by Crippen LogP contribution is 2.25. The van der Waals surface area contributed by atoms with E-state index in [1.165, 1.54) is 16.7 Å². The average Bonchev–Trinajstić information content (AvgIpc) is 2.80. The van der Waals surface area contributed by atoms with E-state index in [0.717, 1.165) is 37.2 Å². The first kappa shape index (κ1) is 19.8. The molecule has 2 nitrogen and oxygen atoms in total. The highest BCUT2D eigenvalue weighted by Gasteiger charge is 2.22. The van der Waals surface area contributed by atoms with E-state index in [-0.39, 0.29) is 5.91 Å². The zero-order valence-corrected chi connectivity index (χ0v) is 17.5. The molecule has 1 amide bonds. The van der Waals surface area contributed by atoms with Crippen LogP contribution in [-0.4, -0.2) is 29.6 Å². The van der Waals surface area contributed by atoms with Gasteiger partial charge in [0.1, 0.15) is 0 Å². The summed E-state index contributed by atoms with van der Waals surface area (Å²) in [5.74, 6) is 1.48. The van der Waals surface area contributed by atoms with E-state index in [0.29, 0.717) is 11.7 Å². The molecule has 3 aromatic carbocycles. The molecule has 0 radical (unpaired) electrons. The van der Waals surface area contributed by atoms with Gasteiger partial charge in [-0.2, -0.15) is 0 Å². The van der Waals surface area contributed by atoms with Gasteiger partial charge < -0.3 is 4.90 Å². The maximum absolute atomic E-state index is 12.5. The monoisotopic (exact) mass is 401 g/mol. The second-order valence-electron chi connectivity index (χ2n) is 7.69. The molecule has 29 heavy (non-hydrogen) atoms. The van der Waals surface area contributed by atoms with Crippen molar-refractivity contribution < 1.29 is 4.79 Å². The van der Waals surface area contributed by atoms with Crippen molar-refractivity contribution >= 4 is 17.7 Å². The number of hydrogen-bond donors (Lipinski definition) is 0. The van der Waals surface area contributed by atoms with Gasteiger partial charge in [-0.1, -0.05) is 72.8 Å². The van der Waals surface area contributed by atoms with E-state index in [4.69, 9.17) is 0 Å². The fourth-order valence-corrected chi connectivity index (χ4v) is 4.76. The van der Waals surface area contributed by atoms with Crippen LogP contribution in [0.4, 0.5) is 0 Å². The summed E-state index contributed by atoms with van der Waals surface area (Å²) in [4.78, 5) is 15.7. The molecule has 4 rings (SSSR count). The second kappa shape index (κ2) is 9.80. The zero-order valence-electron chi connectivity index (χ0n) is 16.7. The summed E-state index contributed by atoms with van der Waals surface area (Å²) >= 11 is 1.63. The van der Waals surface area contributed by atoms with Crippen molar-refractivity contribution in [1.29, 1.82) is 0 Å². The number of benzene rings is 3. The fraction of sp³-hybridized carbons (Fsp3) is 0.269. The largest absolute Gasteiger partial charge is 0.342 e. The number of likely N-dealkylation sites (tertiary alicyclic amines) is 1. The highest BCUT2D eigenvalue weighted by atomic mass is 32.2. The SMILES string of the molecule is O=C(CSc1ccccc1)N1CCC(Cc2ccc(-c3ccccc3)cc2)CC1. The predicted molar refractivity (Wildman–Crippen MR) is 122 cm³/mol. The number of piperidine rings is 1. The molecule has 0 N–H and O–H groups in total. The molecule has 0 unspecified atom stereocenters. The Morgan fingerprint density at radius 2 is 1.38 bits per heavy atom. The summed E-state index contributed by atoms with van der Waals surface area (Å²) < 4.78 is 0. The summed E-state index contributed by atoms with van der Waals surface area (Å²) in [6.07, 6.45) is 3.31. The van der Waals surface area contributed by atoms with Crippen molar-refractivity contribution in [3.8, 4) is 11.1 Å². The van der Waals surface area contributed by atoms with Gasteiger partial charge in [-0.15, -0.1) is 11.8 Å². The van der Waals surface area contributed by atoms with E-state index in [1.807, 2.05) is 23.1 Å². The molecule has 3 heteroatoms. The predicted octanol–water partition coefficient (Wildman–Crippen LogP) is 5.93. The molecule has 148 valence electrons. The van der Waals surface area contributed by atoms with E-state index < -0.39 is 0 Å². The number of hydrogen-bond acceptors (Lipinski definition) is 2. The maximum atomic E-state index is 12.5. The van der Waals surface area contributed by atoms with Crippen LogP contribution in [0.3, 0.4) is 0 Å². The number of rotatable bonds is 6. The Morgan fingerprint density at radius 3 is 2.03 bits per heavy atom. The van der Waals surface area contributed by atoms with Gasteiger partial charge in [0.05, 0.1) is 5.75 Å². The number of thioether (sulfide) groups is 1.